The van der Waals surface area contributed by atoms with Crippen molar-refractivity contribution in [2.45, 2.75) is 31.6 Å². The van der Waals surface area contributed by atoms with Crippen molar-refractivity contribution in [1.82, 2.24) is 4.90 Å². The summed E-state index contributed by atoms with van der Waals surface area (Å²) in [5, 5.41) is 54.2. The van der Waals surface area contributed by atoms with Crippen LogP contribution in [0.4, 0.5) is 0 Å². The van der Waals surface area contributed by atoms with E-state index in [9.17, 15) is 35.1 Å². The number of methoxy groups -OCH3 is 1. The Morgan fingerprint density at radius 2 is 1.82 bits per heavy atom. The van der Waals surface area contributed by atoms with Crippen molar-refractivity contribution in [2.24, 2.45) is 23.5 Å². The van der Waals surface area contributed by atoms with Crippen LogP contribution in [0, 0.1) is 17.8 Å². The molecule has 3 atom stereocenters. The zero-order valence-corrected chi connectivity index (χ0v) is 21.9. The zero-order valence-electron chi connectivity index (χ0n) is 21.9. The third-order valence-corrected chi connectivity index (χ3v) is 8.10. The zero-order chi connectivity index (χ0) is 28.4. The minimum Gasteiger partial charge on any atom is -0.512 e. The maximum Gasteiger partial charge on any atom is 0.253 e. The number of phenols is 1. The highest BCUT2D eigenvalue weighted by Crippen LogP contribution is 2.54. The highest BCUT2D eigenvalue weighted by atomic mass is 16.5. The predicted molar refractivity (Wildman–Crippen MR) is 141 cm³/mol. The minimum atomic E-state index is -2.97. The molecule has 5 rings (SSSR count). The van der Waals surface area contributed by atoms with E-state index < -0.39 is 52.3 Å². The molecule has 0 aromatic heterocycles. The summed E-state index contributed by atoms with van der Waals surface area (Å²) in [6.45, 7) is 0.678. The molecule has 0 spiro atoms. The number of nitrogens with zero attached hydrogens (tertiary/aromatic N) is 1. The number of allylic oxidation sites excluding steroid dienone is 2. The van der Waals surface area contributed by atoms with Gasteiger partial charge in [-0.15, -0.1) is 0 Å². The van der Waals surface area contributed by atoms with Crippen LogP contribution in [-0.4, -0.2) is 69.1 Å². The summed E-state index contributed by atoms with van der Waals surface area (Å²) in [6.07, 6.45) is 0.376. The molecule has 0 aliphatic heterocycles. The number of Topliss-reactive ketones (excluding diaryl/α,β-unsaturated/α-hetero) is 1. The minimum absolute atomic E-state index is 0.0228. The van der Waals surface area contributed by atoms with E-state index in [-0.39, 0.29) is 36.1 Å². The summed E-state index contributed by atoms with van der Waals surface area (Å²) in [6, 6.07) is 8.95. The van der Waals surface area contributed by atoms with Gasteiger partial charge in [-0.1, -0.05) is 12.1 Å². The highest BCUT2D eigenvalue weighted by Gasteiger charge is 2.57. The average Bonchev–Trinajstić information content (AvgIpc) is 2.82. The van der Waals surface area contributed by atoms with Gasteiger partial charge in [0.15, 0.2) is 5.78 Å². The number of phenolic OH excluding ortho intramolecular Hbond substituents is 1. The fourth-order valence-electron chi connectivity index (χ4n) is 6.63. The van der Waals surface area contributed by atoms with Gasteiger partial charge in [0.1, 0.15) is 28.6 Å². The quantitative estimate of drug-likeness (QED) is 0.313. The van der Waals surface area contributed by atoms with Crippen LogP contribution in [0.5, 0.6) is 11.5 Å². The number of amides is 1. The lowest BCUT2D eigenvalue weighted by Gasteiger charge is -2.46. The van der Waals surface area contributed by atoms with E-state index >= 15 is 0 Å². The Morgan fingerprint density at radius 1 is 1.10 bits per heavy atom. The molecule has 1 amide bonds. The number of aliphatic hydroxyl groups is 4. The number of benzene rings is 2. The van der Waals surface area contributed by atoms with Gasteiger partial charge in [-0.3, -0.25) is 9.59 Å². The second kappa shape index (κ2) is 9.41. The monoisotopic (exact) mass is 536 g/mol. The number of nitrogens with two attached hydrogens (primary N) is 1. The highest BCUT2D eigenvalue weighted by molar-refractivity contribution is 6.14. The first-order chi connectivity index (χ1) is 18.4. The molecule has 3 aliphatic carbocycles. The number of ether oxygens (including phenoxy) is 1. The van der Waals surface area contributed by atoms with Gasteiger partial charge in [-0.25, -0.2) is 0 Å². The lowest BCUT2D eigenvalue weighted by molar-refractivity contribution is -0.194. The molecule has 10 heteroatoms. The number of carbonyl (C=O) groups is 2. The van der Waals surface area contributed by atoms with Crippen molar-refractivity contribution in [2.75, 3.05) is 21.2 Å². The molecule has 0 heterocycles. The molecule has 0 saturated heterocycles. The van der Waals surface area contributed by atoms with Crippen LogP contribution < -0.4 is 10.5 Å². The van der Waals surface area contributed by atoms with Gasteiger partial charge < -0.3 is 40.9 Å². The van der Waals surface area contributed by atoms with Gasteiger partial charge in [-0.2, -0.15) is 0 Å². The fraction of sp³-hybridized carbons (Fsp3) is 0.379. The van der Waals surface area contributed by atoms with Gasteiger partial charge in [-0.05, 0) is 73.7 Å². The number of rotatable bonds is 5. The maximum atomic E-state index is 13.9. The Hall–Kier alpha value is -3.86. The number of aromatic hydroxyl groups is 1. The van der Waals surface area contributed by atoms with Gasteiger partial charge in [0, 0.05) is 24.1 Å². The Labute approximate surface area is 225 Å². The first kappa shape index (κ1) is 26.7. The summed E-state index contributed by atoms with van der Waals surface area (Å²) in [4.78, 5) is 27.8. The average molecular weight is 537 g/mol. The lowest BCUT2D eigenvalue weighted by Crippen LogP contribution is -2.54. The summed E-state index contributed by atoms with van der Waals surface area (Å²) < 4.78 is 5.63. The molecule has 0 saturated carbocycles. The van der Waals surface area contributed by atoms with E-state index in [1.54, 1.807) is 13.2 Å². The largest absolute Gasteiger partial charge is 0.512 e. The van der Waals surface area contributed by atoms with E-state index in [0.717, 1.165) is 11.1 Å². The summed E-state index contributed by atoms with van der Waals surface area (Å²) >= 11 is 0. The van der Waals surface area contributed by atoms with Crippen LogP contribution in [0.1, 0.15) is 34.3 Å². The molecule has 2 aromatic rings. The fourth-order valence-corrected chi connectivity index (χ4v) is 6.63. The lowest BCUT2D eigenvalue weighted by atomic mass is 9.60. The molecule has 7 N–H and O–H groups in total. The number of fused-ring (bicyclic) bond motifs is 3. The number of hydrogen-bond acceptors (Lipinski definition) is 9. The van der Waals surface area contributed by atoms with Crippen molar-refractivity contribution < 1.29 is 39.9 Å². The normalized spacial score (nSPS) is 23.8. The maximum absolute atomic E-state index is 13.9. The van der Waals surface area contributed by atoms with E-state index in [0.29, 0.717) is 23.4 Å². The summed E-state index contributed by atoms with van der Waals surface area (Å²) in [7, 11) is 5.47. The Balaban J connectivity index is 1.66. The Kier molecular flexibility index (Phi) is 6.45. The first-order valence-corrected chi connectivity index (χ1v) is 12.7. The molecule has 10 nitrogen and oxygen atoms in total. The number of hydrogen-bond donors (Lipinski definition) is 6. The molecule has 3 aliphatic rings. The molecule has 0 radical (unpaired) electrons. The Morgan fingerprint density at radius 3 is 2.46 bits per heavy atom. The number of aliphatic hydroxyl groups excluding tert-OH is 2. The second-order valence-corrected chi connectivity index (χ2v) is 10.9. The van der Waals surface area contributed by atoms with Crippen LogP contribution in [0.3, 0.4) is 0 Å². The van der Waals surface area contributed by atoms with E-state index in [4.69, 9.17) is 10.5 Å². The van der Waals surface area contributed by atoms with Crippen molar-refractivity contribution in [3.05, 3.63) is 69.7 Å². The SMILES string of the molecule is COc1ccc(CN(C)C)cc1-c1ccc(O)c2c1CC1CC3CC(O)=C(C(N)=O)C(O)(O)C3C(O)=C1C2=O. The van der Waals surface area contributed by atoms with Gasteiger partial charge >= 0.3 is 0 Å². The number of carbonyl (C=O) groups excluding carboxylic acids is 2. The van der Waals surface area contributed by atoms with Crippen LogP contribution >= 0.6 is 0 Å². The Bertz CT molecular complexity index is 1460. The third-order valence-electron chi connectivity index (χ3n) is 8.10. The summed E-state index contributed by atoms with van der Waals surface area (Å²) in [5.41, 5.74) is 7.54. The number of primary amides is 1. The predicted octanol–water partition coefficient (Wildman–Crippen LogP) is 2.31. The second-order valence-electron chi connectivity index (χ2n) is 10.9. The third kappa shape index (κ3) is 4.15. The molecular formula is C29H32N2O8. The van der Waals surface area contributed by atoms with E-state index in [1.165, 1.54) is 6.07 Å². The van der Waals surface area contributed by atoms with E-state index in [1.807, 2.05) is 37.2 Å². The van der Waals surface area contributed by atoms with Crippen molar-refractivity contribution in [3.8, 4) is 22.6 Å². The summed E-state index contributed by atoms with van der Waals surface area (Å²) in [5.74, 6) is -8.26. The molecule has 2 aromatic carbocycles. The van der Waals surface area contributed by atoms with Gasteiger partial charge in [0.2, 0.25) is 5.79 Å². The standard InChI is InChI=1S/C29H32N2O8/c1-31(2)12-13-4-7-21(39-3)17(8-13)16-5-6-19(32)23-18(16)10-14-9-15-11-20(33)25(28(30)36)29(37,38)24(15)27(35)22(14)26(23)34/h4-8,14-15,24,32-33,35,37-38H,9-12H2,1-3H3,(H2,30,36). The molecule has 0 bridgehead atoms. The van der Waals surface area contributed by atoms with Crippen LogP contribution in [0.2, 0.25) is 0 Å². The molecule has 3 unspecified atom stereocenters. The van der Waals surface area contributed by atoms with Crippen LogP contribution in [-0.2, 0) is 17.8 Å². The molecule has 39 heavy (non-hydrogen) atoms. The van der Waals surface area contributed by atoms with Gasteiger partial charge in [0.05, 0.1) is 18.6 Å². The van der Waals surface area contributed by atoms with Crippen molar-refractivity contribution >= 4 is 11.7 Å². The number of ketones is 1. The molecular weight excluding hydrogens is 504 g/mol. The van der Waals surface area contributed by atoms with Crippen molar-refractivity contribution in [3.63, 3.8) is 0 Å². The first-order valence-electron chi connectivity index (χ1n) is 12.7. The molecule has 0 fully saturated rings. The smallest absolute Gasteiger partial charge is 0.253 e. The van der Waals surface area contributed by atoms with E-state index in [2.05, 4.69) is 0 Å². The van der Waals surface area contributed by atoms with Crippen LogP contribution in [0.15, 0.2) is 53.0 Å². The topological polar surface area (TPSA) is 174 Å². The van der Waals surface area contributed by atoms with Crippen molar-refractivity contribution in [1.29, 1.82) is 0 Å². The molecule has 206 valence electrons. The van der Waals surface area contributed by atoms with Gasteiger partial charge in [0.25, 0.3) is 5.91 Å². The van der Waals surface area contributed by atoms with Crippen LogP contribution in [0.25, 0.3) is 11.1 Å².